The van der Waals surface area contributed by atoms with E-state index in [1.807, 2.05) is 24.3 Å². The van der Waals surface area contributed by atoms with Crippen molar-refractivity contribution in [3.8, 4) is 0 Å². The third kappa shape index (κ3) is 3.54. The minimum Gasteiger partial charge on any atom is -0.469 e. The number of hydrogen-bond acceptors (Lipinski definition) is 3. The van der Waals surface area contributed by atoms with E-state index in [1.165, 1.54) is 12.5 Å². The normalized spacial score (nSPS) is 10.7. The fraction of sp³-hybridized carbons (Fsp3) is 0.200. The Hall–Kier alpha value is -2.88. The van der Waals surface area contributed by atoms with Crippen LogP contribution in [0.2, 0.25) is 0 Å². The molecule has 122 valence electrons. The number of carbonyl (C=O) groups is 1. The van der Waals surface area contributed by atoms with Gasteiger partial charge in [0.25, 0.3) is 5.56 Å². The number of benzene rings is 2. The second kappa shape index (κ2) is 7.13. The van der Waals surface area contributed by atoms with Crippen LogP contribution >= 0.6 is 0 Å². The second-order valence-electron chi connectivity index (χ2n) is 5.72. The number of esters is 1. The number of ether oxygens (including phenoxy) is 1. The van der Waals surface area contributed by atoms with Gasteiger partial charge in [-0.15, -0.1) is 0 Å². The van der Waals surface area contributed by atoms with Gasteiger partial charge in [-0.25, -0.2) is 0 Å². The number of fused-ring (bicyclic) bond motifs is 1. The van der Waals surface area contributed by atoms with Crippen LogP contribution < -0.4 is 5.56 Å². The summed E-state index contributed by atoms with van der Waals surface area (Å²) in [6.45, 7) is 0.510. The molecule has 4 nitrogen and oxygen atoms in total. The highest BCUT2D eigenvalue weighted by Gasteiger charge is 2.07. The number of nitrogens with zero attached hydrogens (tertiary/aromatic N) is 1. The van der Waals surface area contributed by atoms with Crippen molar-refractivity contribution < 1.29 is 9.53 Å². The standard InChI is InChI=1S/C20H19NO3/c1-24-19(22)11-10-17-7-4-12-21(20(17)23)14-15-8-9-16-5-2-3-6-18(16)13-15/h2-9,12-13H,10-11,14H2,1H3. The number of rotatable bonds is 5. The maximum atomic E-state index is 12.5. The Kier molecular flexibility index (Phi) is 4.75. The van der Waals surface area contributed by atoms with Gasteiger partial charge in [0.05, 0.1) is 13.7 Å². The molecule has 0 aliphatic carbocycles. The Morgan fingerprint density at radius 3 is 2.62 bits per heavy atom. The molecule has 3 rings (SSSR count). The van der Waals surface area contributed by atoms with Crippen LogP contribution in [-0.2, 0) is 22.5 Å². The van der Waals surface area contributed by atoms with Crippen LogP contribution in [0.3, 0.4) is 0 Å². The number of carbonyl (C=O) groups excluding carboxylic acids is 1. The molecule has 0 amide bonds. The molecule has 0 atom stereocenters. The first-order chi connectivity index (χ1) is 11.7. The van der Waals surface area contributed by atoms with E-state index in [2.05, 4.69) is 29.0 Å². The summed E-state index contributed by atoms with van der Waals surface area (Å²) in [4.78, 5) is 23.8. The van der Waals surface area contributed by atoms with Crippen LogP contribution in [-0.4, -0.2) is 17.6 Å². The molecule has 0 aliphatic heterocycles. The predicted octanol–water partition coefficient (Wildman–Crippen LogP) is 3.16. The van der Waals surface area contributed by atoms with Crippen molar-refractivity contribution in [3.63, 3.8) is 0 Å². The summed E-state index contributed by atoms with van der Waals surface area (Å²) in [5.41, 5.74) is 1.64. The Labute approximate surface area is 140 Å². The summed E-state index contributed by atoms with van der Waals surface area (Å²) >= 11 is 0. The van der Waals surface area contributed by atoms with E-state index in [4.69, 9.17) is 0 Å². The Bertz CT molecular complexity index is 927. The van der Waals surface area contributed by atoms with Crippen LogP contribution in [0.25, 0.3) is 10.8 Å². The SMILES string of the molecule is COC(=O)CCc1cccn(Cc2ccc3ccccc3c2)c1=O. The lowest BCUT2D eigenvalue weighted by Crippen LogP contribution is -2.24. The van der Waals surface area contributed by atoms with E-state index in [9.17, 15) is 9.59 Å². The van der Waals surface area contributed by atoms with Crippen molar-refractivity contribution in [1.82, 2.24) is 4.57 Å². The topological polar surface area (TPSA) is 48.3 Å². The number of aromatic nitrogens is 1. The van der Waals surface area contributed by atoms with Crippen LogP contribution in [0.4, 0.5) is 0 Å². The summed E-state index contributed by atoms with van der Waals surface area (Å²) in [5.74, 6) is -0.306. The van der Waals surface area contributed by atoms with E-state index >= 15 is 0 Å². The van der Waals surface area contributed by atoms with Gasteiger partial charge >= 0.3 is 5.97 Å². The van der Waals surface area contributed by atoms with Crippen molar-refractivity contribution in [2.24, 2.45) is 0 Å². The summed E-state index contributed by atoms with van der Waals surface area (Å²) in [7, 11) is 1.35. The van der Waals surface area contributed by atoms with E-state index in [0.29, 0.717) is 18.5 Å². The van der Waals surface area contributed by atoms with Gasteiger partial charge in [-0.2, -0.15) is 0 Å². The summed E-state index contributed by atoms with van der Waals surface area (Å²) in [6, 6.07) is 18.0. The average molecular weight is 321 g/mol. The van der Waals surface area contributed by atoms with Crippen molar-refractivity contribution in [2.75, 3.05) is 7.11 Å². The van der Waals surface area contributed by atoms with Crippen molar-refractivity contribution in [1.29, 1.82) is 0 Å². The fourth-order valence-electron chi connectivity index (χ4n) is 2.77. The van der Waals surface area contributed by atoms with Crippen LogP contribution in [0, 0.1) is 0 Å². The number of hydrogen-bond donors (Lipinski definition) is 0. The molecule has 0 spiro atoms. The van der Waals surface area contributed by atoms with E-state index in [-0.39, 0.29) is 17.9 Å². The molecule has 0 unspecified atom stereocenters. The molecule has 2 aromatic carbocycles. The lowest BCUT2D eigenvalue weighted by molar-refractivity contribution is -0.140. The van der Waals surface area contributed by atoms with Crippen LogP contribution in [0.15, 0.2) is 65.6 Å². The molecule has 0 aliphatic rings. The van der Waals surface area contributed by atoms with Crippen LogP contribution in [0.5, 0.6) is 0 Å². The maximum Gasteiger partial charge on any atom is 0.305 e. The number of aryl methyl sites for hydroxylation is 1. The lowest BCUT2D eigenvalue weighted by Gasteiger charge is -2.09. The molecular weight excluding hydrogens is 302 g/mol. The lowest BCUT2D eigenvalue weighted by atomic mass is 10.1. The van der Waals surface area contributed by atoms with Crippen molar-refractivity contribution >= 4 is 16.7 Å². The second-order valence-corrected chi connectivity index (χ2v) is 5.72. The summed E-state index contributed by atoms with van der Waals surface area (Å²) in [6.07, 6.45) is 2.38. The van der Waals surface area contributed by atoms with Crippen molar-refractivity contribution in [3.05, 3.63) is 82.3 Å². The smallest absolute Gasteiger partial charge is 0.305 e. The number of methoxy groups -OCH3 is 1. The first-order valence-corrected chi connectivity index (χ1v) is 7.90. The van der Waals surface area contributed by atoms with Crippen molar-refractivity contribution in [2.45, 2.75) is 19.4 Å². The fourth-order valence-corrected chi connectivity index (χ4v) is 2.77. The molecule has 0 saturated carbocycles. The van der Waals surface area contributed by atoms with E-state index in [1.54, 1.807) is 16.8 Å². The third-order valence-corrected chi connectivity index (χ3v) is 4.09. The molecule has 1 aromatic heterocycles. The molecule has 0 fully saturated rings. The Morgan fingerprint density at radius 1 is 1.04 bits per heavy atom. The highest BCUT2D eigenvalue weighted by atomic mass is 16.5. The molecule has 0 N–H and O–H groups in total. The van der Waals surface area contributed by atoms with Gasteiger partial charge in [-0.3, -0.25) is 9.59 Å². The highest BCUT2D eigenvalue weighted by Crippen LogP contribution is 2.16. The van der Waals surface area contributed by atoms with Gasteiger partial charge in [-0.1, -0.05) is 42.5 Å². The van der Waals surface area contributed by atoms with Gasteiger partial charge in [0.1, 0.15) is 0 Å². The number of pyridine rings is 1. The van der Waals surface area contributed by atoms with Gasteiger partial charge < -0.3 is 9.30 Å². The first kappa shape index (κ1) is 16.0. The predicted molar refractivity (Wildman–Crippen MR) is 94.1 cm³/mol. The first-order valence-electron chi connectivity index (χ1n) is 7.90. The Balaban J connectivity index is 1.83. The molecule has 24 heavy (non-hydrogen) atoms. The summed E-state index contributed by atoms with van der Waals surface area (Å²) in [5, 5.41) is 2.34. The van der Waals surface area contributed by atoms with Gasteiger partial charge in [0.2, 0.25) is 0 Å². The minimum atomic E-state index is -0.306. The van der Waals surface area contributed by atoms with Gasteiger partial charge in [0, 0.05) is 18.2 Å². The molecular formula is C20H19NO3. The average Bonchev–Trinajstić information content (AvgIpc) is 2.62. The largest absolute Gasteiger partial charge is 0.469 e. The quantitative estimate of drug-likeness (QED) is 0.678. The summed E-state index contributed by atoms with van der Waals surface area (Å²) < 4.78 is 6.31. The van der Waals surface area contributed by atoms with Gasteiger partial charge in [0.15, 0.2) is 0 Å². The van der Waals surface area contributed by atoms with E-state index in [0.717, 1.165) is 10.9 Å². The molecule has 1 heterocycles. The molecule has 0 radical (unpaired) electrons. The monoisotopic (exact) mass is 321 g/mol. The molecule has 0 saturated heterocycles. The molecule has 4 heteroatoms. The highest BCUT2D eigenvalue weighted by molar-refractivity contribution is 5.82. The molecule has 0 bridgehead atoms. The third-order valence-electron chi connectivity index (χ3n) is 4.09. The zero-order valence-corrected chi connectivity index (χ0v) is 13.6. The molecule has 3 aromatic rings. The maximum absolute atomic E-state index is 12.5. The van der Waals surface area contributed by atoms with Gasteiger partial charge in [-0.05, 0) is 34.9 Å². The van der Waals surface area contributed by atoms with Crippen LogP contribution in [0.1, 0.15) is 17.5 Å². The Morgan fingerprint density at radius 2 is 1.83 bits per heavy atom. The minimum absolute atomic E-state index is 0.0606. The zero-order valence-electron chi connectivity index (χ0n) is 13.6. The van der Waals surface area contributed by atoms with E-state index < -0.39 is 0 Å². The zero-order chi connectivity index (χ0) is 16.9.